The lowest BCUT2D eigenvalue weighted by atomic mass is 9.97. The zero-order valence-corrected chi connectivity index (χ0v) is 12.5. The van der Waals surface area contributed by atoms with Gasteiger partial charge in [0.25, 0.3) is 0 Å². The number of anilines is 2. The number of nitrogens with zero attached hydrogens (tertiary/aromatic N) is 1. The molecule has 5 nitrogen and oxygen atoms in total. The van der Waals surface area contributed by atoms with Crippen molar-refractivity contribution >= 4 is 17.4 Å². The molecule has 1 aromatic carbocycles. The number of carbonyl (C=O) groups excluding carboxylic acids is 1. The molecule has 0 saturated heterocycles. The van der Waals surface area contributed by atoms with Crippen molar-refractivity contribution in [3.63, 3.8) is 0 Å². The second kappa shape index (κ2) is 6.92. The number of aryl methyl sites for hydroxylation is 1. The Morgan fingerprint density at radius 1 is 1.38 bits per heavy atom. The van der Waals surface area contributed by atoms with E-state index in [9.17, 15) is 4.79 Å². The quantitative estimate of drug-likeness (QED) is 0.713. The van der Waals surface area contributed by atoms with Gasteiger partial charge in [0.2, 0.25) is 5.91 Å². The van der Waals surface area contributed by atoms with E-state index >= 15 is 0 Å². The smallest absolute Gasteiger partial charge is 0.226 e. The van der Waals surface area contributed by atoms with Gasteiger partial charge in [0.15, 0.2) is 5.82 Å². The standard InChI is InChI=1S/C16H22N4O/c1-3-4-14-10-15(20-19-14)18-16(21)9-11(2)12-5-7-13(17)8-6-12/h5-8,10-11H,3-4,9,17H2,1-2H3,(H2,18,19,20,21). The fourth-order valence-electron chi connectivity index (χ4n) is 2.24. The highest BCUT2D eigenvalue weighted by Gasteiger charge is 2.12. The number of aromatic amines is 1. The zero-order chi connectivity index (χ0) is 15.2. The number of H-pyrrole nitrogens is 1. The van der Waals surface area contributed by atoms with E-state index in [1.165, 1.54) is 0 Å². The number of nitrogens with two attached hydrogens (primary N) is 1. The molecule has 1 aromatic heterocycles. The number of nitrogen functional groups attached to an aromatic ring is 1. The van der Waals surface area contributed by atoms with Gasteiger partial charge in [0, 0.05) is 23.9 Å². The molecule has 112 valence electrons. The van der Waals surface area contributed by atoms with Crippen molar-refractivity contribution in [2.24, 2.45) is 0 Å². The van der Waals surface area contributed by atoms with Gasteiger partial charge in [-0.3, -0.25) is 9.89 Å². The largest absolute Gasteiger partial charge is 0.399 e. The molecule has 2 aromatic rings. The molecule has 0 saturated carbocycles. The molecular formula is C16H22N4O. The Balaban J connectivity index is 1.89. The van der Waals surface area contributed by atoms with Crippen molar-refractivity contribution in [2.75, 3.05) is 11.1 Å². The molecule has 0 spiro atoms. The summed E-state index contributed by atoms with van der Waals surface area (Å²) in [6.07, 6.45) is 2.40. The molecule has 1 heterocycles. The van der Waals surface area contributed by atoms with Crippen LogP contribution in [0, 0.1) is 0 Å². The van der Waals surface area contributed by atoms with Gasteiger partial charge < -0.3 is 11.1 Å². The first kappa shape index (κ1) is 15.1. The summed E-state index contributed by atoms with van der Waals surface area (Å²) in [5.41, 5.74) is 8.54. The van der Waals surface area contributed by atoms with E-state index in [0.29, 0.717) is 12.2 Å². The number of amides is 1. The average Bonchev–Trinajstić information content (AvgIpc) is 2.87. The Hall–Kier alpha value is -2.30. The van der Waals surface area contributed by atoms with E-state index in [4.69, 9.17) is 5.73 Å². The summed E-state index contributed by atoms with van der Waals surface area (Å²) in [6.45, 7) is 4.13. The van der Waals surface area contributed by atoms with Gasteiger partial charge in [-0.05, 0) is 30.0 Å². The zero-order valence-electron chi connectivity index (χ0n) is 12.5. The van der Waals surface area contributed by atoms with Crippen LogP contribution < -0.4 is 11.1 Å². The molecule has 0 aliphatic carbocycles. The van der Waals surface area contributed by atoms with E-state index < -0.39 is 0 Å². The Bertz CT molecular complexity index is 589. The summed E-state index contributed by atoms with van der Waals surface area (Å²) in [6, 6.07) is 9.51. The van der Waals surface area contributed by atoms with E-state index in [2.05, 4.69) is 22.4 Å². The Labute approximate surface area is 124 Å². The van der Waals surface area contributed by atoms with Crippen LogP contribution in [0.15, 0.2) is 30.3 Å². The highest BCUT2D eigenvalue weighted by molar-refractivity contribution is 5.90. The SMILES string of the molecule is CCCc1cc(NC(=O)CC(C)c2ccc(N)cc2)n[nH]1. The predicted octanol–water partition coefficient (Wildman–Crippen LogP) is 3.08. The van der Waals surface area contributed by atoms with E-state index in [1.807, 2.05) is 37.3 Å². The van der Waals surface area contributed by atoms with E-state index in [1.54, 1.807) is 0 Å². The van der Waals surface area contributed by atoms with Crippen LogP contribution >= 0.6 is 0 Å². The topological polar surface area (TPSA) is 83.8 Å². The molecule has 1 unspecified atom stereocenters. The fraction of sp³-hybridized carbons (Fsp3) is 0.375. The lowest BCUT2D eigenvalue weighted by Crippen LogP contribution is -2.14. The number of hydrogen-bond acceptors (Lipinski definition) is 3. The van der Waals surface area contributed by atoms with Crippen LogP contribution in [0.1, 0.15) is 43.9 Å². The molecule has 4 N–H and O–H groups in total. The normalized spacial score (nSPS) is 12.1. The van der Waals surface area contributed by atoms with Crippen molar-refractivity contribution < 1.29 is 4.79 Å². The van der Waals surface area contributed by atoms with Gasteiger partial charge in [0.1, 0.15) is 0 Å². The predicted molar refractivity (Wildman–Crippen MR) is 85.1 cm³/mol. The van der Waals surface area contributed by atoms with Crippen LogP contribution in [-0.4, -0.2) is 16.1 Å². The van der Waals surface area contributed by atoms with Gasteiger partial charge in [0.05, 0.1) is 0 Å². The summed E-state index contributed by atoms with van der Waals surface area (Å²) < 4.78 is 0. The maximum Gasteiger partial charge on any atom is 0.226 e. The summed E-state index contributed by atoms with van der Waals surface area (Å²) in [5.74, 6) is 0.696. The van der Waals surface area contributed by atoms with Gasteiger partial charge in [-0.1, -0.05) is 32.4 Å². The monoisotopic (exact) mass is 286 g/mol. The van der Waals surface area contributed by atoms with Crippen molar-refractivity contribution in [1.29, 1.82) is 0 Å². The van der Waals surface area contributed by atoms with Crippen LogP contribution in [0.3, 0.4) is 0 Å². The number of hydrogen-bond donors (Lipinski definition) is 3. The molecule has 2 rings (SSSR count). The number of nitrogens with one attached hydrogen (secondary N) is 2. The molecule has 0 aliphatic rings. The lowest BCUT2D eigenvalue weighted by Gasteiger charge is -2.11. The Morgan fingerprint density at radius 3 is 2.76 bits per heavy atom. The molecule has 1 amide bonds. The molecule has 21 heavy (non-hydrogen) atoms. The molecule has 5 heteroatoms. The van der Waals surface area contributed by atoms with Crippen molar-refractivity contribution in [1.82, 2.24) is 10.2 Å². The summed E-state index contributed by atoms with van der Waals surface area (Å²) in [7, 11) is 0. The second-order valence-corrected chi connectivity index (χ2v) is 5.35. The first-order chi connectivity index (χ1) is 10.1. The third-order valence-corrected chi connectivity index (χ3v) is 3.41. The molecular weight excluding hydrogens is 264 g/mol. The minimum Gasteiger partial charge on any atom is -0.399 e. The Kier molecular flexibility index (Phi) is 4.98. The van der Waals surface area contributed by atoms with E-state index in [0.717, 1.165) is 29.8 Å². The van der Waals surface area contributed by atoms with Gasteiger partial charge in [-0.15, -0.1) is 0 Å². The first-order valence-electron chi connectivity index (χ1n) is 7.28. The Morgan fingerprint density at radius 2 is 2.10 bits per heavy atom. The molecule has 1 atom stereocenters. The van der Waals surface area contributed by atoms with Gasteiger partial charge in [-0.2, -0.15) is 5.10 Å². The summed E-state index contributed by atoms with van der Waals surface area (Å²) in [5, 5.41) is 9.84. The third kappa shape index (κ3) is 4.34. The van der Waals surface area contributed by atoms with Crippen LogP contribution in [0.25, 0.3) is 0 Å². The number of carbonyl (C=O) groups is 1. The number of rotatable bonds is 6. The fourth-order valence-corrected chi connectivity index (χ4v) is 2.24. The molecule has 0 fully saturated rings. The van der Waals surface area contributed by atoms with Crippen LogP contribution in [0.5, 0.6) is 0 Å². The lowest BCUT2D eigenvalue weighted by molar-refractivity contribution is -0.116. The van der Waals surface area contributed by atoms with Crippen LogP contribution in [-0.2, 0) is 11.2 Å². The third-order valence-electron chi connectivity index (χ3n) is 3.41. The summed E-state index contributed by atoms with van der Waals surface area (Å²) >= 11 is 0. The highest BCUT2D eigenvalue weighted by Crippen LogP contribution is 2.20. The molecule has 0 bridgehead atoms. The minimum atomic E-state index is -0.0335. The average molecular weight is 286 g/mol. The highest BCUT2D eigenvalue weighted by atomic mass is 16.1. The minimum absolute atomic E-state index is 0.0335. The first-order valence-corrected chi connectivity index (χ1v) is 7.28. The van der Waals surface area contributed by atoms with E-state index in [-0.39, 0.29) is 11.8 Å². The van der Waals surface area contributed by atoms with Gasteiger partial charge >= 0.3 is 0 Å². The van der Waals surface area contributed by atoms with Crippen LogP contribution in [0.4, 0.5) is 11.5 Å². The maximum atomic E-state index is 12.0. The summed E-state index contributed by atoms with van der Waals surface area (Å²) in [4.78, 5) is 12.0. The number of benzene rings is 1. The second-order valence-electron chi connectivity index (χ2n) is 5.35. The molecule has 0 aliphatic heterocycles. The van der Waals surface area contributed by atoms with Crippen molar-refractivity contribution in [3.05, 3.63) is 41.6 Å². The van der Waals surface area contributed by atoms with Crippen LogP contribution in [0.2, 0.25) is 0 Å². The van der Waals surface area contributed by atoms with Crippen molar-refractivity contribution in [3.8, 4) is 0 Å². The molecule has 0 radical (unpaired) electrons. The maximum absolute atomic E-state index is 12.0. The number of aromatic nitrogens is 2. The van der Waals surface area contributed by atoms with Crippen molar-refractivity contribution in [2.45, 2.75) is 39.0 Å². The van der Waals surface area contributed by atoms with Gasteiger partial charge in [-0.25, -0.2) is 0 Å².